The van der Waals surface area contributed by atoms with Gasteiger partial charge in [0.05, 0.1) is 10.5 Å². The van der Waals surface area contributed by atoms with E-state index in [1.807, 2.05) is 0 Å². The Balaban J connectivity index is 3.13. The molecule has 15 heavy (non-hydrogen) atoms. The van der Waals surface area contributed by atoms with Gasteiger partial charge >= 0.3 is 6.16 Å². The molecule has 0 fully saturated rings. The van der Waals surface area contributed by atoms with Crippen LogP contribution in [0.5, 0.6) is 5.75 Å². The predicted octanol–water partition coefficient (Wildman–Crippen LogP) is 1.46. The van der Waals surface area contributed by atoms with Gasteiger partial charge in [-0.1, -0.05) is 0 Å². The van der Waals surface area contributed by atoms with Gasteiger partial charge in [-0.15, -0.1) is 0 Å². The Kier molecular flexibility index (Phi) is 2.97. The molecule has 0 saturated carbocycles. The van der Waals surface area contributed by atoms with Crippen LogP contribution >= 0.6 is 0 Å². The van der Waals surface area contributed by atoms with E-state index in [1.54, 1.807) is 0 Å². The minimum Gasteiger partial charge on any atom is -0.449 e. The van der Waals surface area contributed by atoms with Gasteiger partial charge in [-0.05, 0) is 12.1 Å². The average Bonchev–Trinajstić information content (AvgIpc) is 2.16. The van der Waals surface area contributed by atoms with Crippen LogP contribution in [0.4, 0.5) is 10.5 Å². The molecule has 0 unspecified atom stereocenters. The number of aldehydes is 1. The van der Waals surface area contributed by atoms with Gasteiger partial charge in [0.15, 0.2) is 6.29 Å². The molecule has 7 nitrogen and oxygen atoms in total. The molecule has 0 aliphatic carbocycles. The number of carbonyl (C=O) groups excluding carboxylic acids is 1. The standard InChI is InChI=1S/C8H5NO6/c10-4-5-3-6(15-8(11)12)1-2-7(5)9(13)14/h1-4H,(H,11,12). The topological polar surface area (TPSA) is 107 Å². The van der Waals surface area contributed by atoms with E-state index < -0.39 is 16.8 Å². The third-order valence-electron chi connectivity index (χ3n) is 1.53. The van der Waals surface area contributed by atoms with Crippen molar-refractivity contribution in [1.29, 1.82) is 0 Å². The molecule has 0 aliphatic heterocycles. The Morgan fingerprint density at radius 3 is 2.67 bits per heavy atom. The summed E-state index contributed by atoms with van der Waals surface area (Å²) >= 11 is 0. The highest BCUT2D eigenvalue weighted by atomic mass is 16.7. The molecule has 0 saturated heterocycles. The van der Waals surface area contributed by atoms with Crippen molar-refractivity contribution < 1.29 is 24.4 Å². The van der Waals surface area contributed by atoms with Crippen molar-refractivity contribution in [1.82, 2.24) is 0 Å². The maximum atomic E-state index is 10.5. The zero-order chi connectivity index (χ0) is 11.4. The maximum Gasteiger partial charge on any atom is 0.511 e. The van der Waals surface area contributed by atoms with Crippen molar-refractivity contribution in [2.24, 2.45) is 0 Å². The number of ether oxygens (including phenoxy) is 1. The second-order valence-electron chi connectivity index (χ2n) is 2.46. The van der Waals surface area contributed by atoms with E-state index in [9.17, 15) is 19.7 Å². The Bertz CT molecular complexity index is 427. The van der Waals surface area contributed by atoms with E-state index in [1.165, 1.54) is 0 Å². The molecule has 0 bridgehead atoms. The van der Waals surface area contributed by atoms with Crippen LogP contribution in [0, 0.1) is 10.1 Å². The van der Waals surface area contributed by atoms with Crippen LogP contribution in [0.25, 0.3) is 0 Å². The SMILES string of the molecule is O=Cc1cc(OC(=O)O)ccc1[N+](=O)[O-]. The fourth-order valence-corrected chi connectivity index (χ4v) is 0.958. The number of rotatable bonds is 3. The lowest BCUT2D eigenvalue weighted by Crippen LogP contribution is -2.04. The monoisotopic (exact) mass is 211 g/mol. The minimum absolute atomic E-state index is 0.143. The van der Waals surface area contributed by atoms with Crippen molar-refractivity contribution >= 4 is 18.1 Å². The van der Waals surface area contributed by atoms with Crippen molar-refractivity contribution in [3.05, 3.63) is 33.9 Å². The molecule has 1 aromatic carbocycles. The normalized spacial score (nSPS) is 9.33. The lowest BCUT2D eigenvalue weighted by Gasteiger charge is -2.00. The lowest BCUT2D eigenvalue weighted by atomic mass is 10.2. The molecule has 78 valence electrons. The smallest absolute Gasteiger partial charge is 0.449 e. The van der Waals surface area contributed by atoms with Crippen LogP contribution in [-0.4, -0.2) is 22.5 Å². The fourth-order valence-electron chi connectivity index (χ4n) is 0.958. The second-order valence-corrected chi connectivity index (χ2v) is 2.46. The van der Waals surface area contributed by atoms with Crippen LogP contribution in [-0.2, 0) is 0 Å². The van der Waals surface area contributed by atoms with Crippen LogP contribution < -0.4 is 4.74 Å². The average molecular weight is 211 g/mol. The third kappa shape index (κ3) is 2.50. The first-order valence-corrected chi connectivity index (χ1v) is 3.69. The predicted molar refractivity (Wildman–Crippen MR) is 47.1 cm³/mol. The Labute approximate surface area is 83.0 Å². The molecule has 1 rings (SSSR count). The quantitative estimate of drug-likeness (QED) is 0.266. The highest BCUT2D eigenvalue weighted by Crippen LogP contribution is 2.22. The van der Waals surface area contributed by atoms with Crippen molar-refractivity contribution in [2.45, 2.75) is 0 Å². The summed E-state index contributed by atoms with van der Waals surface area (Å²) in [6, 6.07) is 3.08. The highest BCUT2D eigenvalue weighted by Gasteiger charge is 2.14. The van der Waals surface area contributed by atoms with Crippen molar-refractivity contribution in [3.8, 4) is 5.75 Å². The van der Waals surface area contributed by atoms with Gasteiger partial charge in [0.1, 0.15) is 5.75 Å². The van der Waals surface area contributed by atoms with E-state index in [2.05, 4.69) is 4.74 Å². The molecule has 0 amide bonds. The Hall–Kier alpha value is -2.44. The number of carbonyl (C=O) groups is 2. The molecular weight excluding hydrogens is 206 g/mol. The number of nitro groups is 1. The number of benzene rings is 1. The molecule has 0 radical (unpaired) electrons. The van der Waals surface area contributed by atoms with E-state index in [-0.39, 0.29) is 17.6 Å². The van der Waals surface area contributed by atoms with Crippen LogP contribution in [0.3, 0.4) is 0 Å². The molecule has 1 N–H and O–H groups in total. The Morgan fingerprint density at radius 2 is 2.20 bits per heavy atom. The summed E-state index contributed by atoms with van der Waals surface area (Å²) in [6.07, 6.45) is -1.30. The summed E-state index contributed by atoms with van der Waals surface area (Å²) < 4.78 is 4.23. The summed E-state index contributed by atoms with van der Waals surface area (Å²) in [5.74, 6) is -0.143. The highest BCUT2D eigenvalue weighted by molar-refractivity contribution is 5.82. The van der Waals surface area contributed by atoms with E-state index in [4.69, 9.17) is 5.11 Å². The van der Waals surface area contributed by atoms with E-state index >= 15 is 0 Å². The fraction of sp³-hybridized carbons (Fsp3) is 0. The van der Waals surface area contributed by atoms with Crippen molar-refractivity contribution in [3.63, 3.8) is 0 Å². The van der Waals surface area contributed by atoms with Gasteiger partial charge in [0.2, 0.25) is 0 Å². The Morgan fingerprint density at radius 1 is 1.53 bits per heavy atom. The molecule has 0 spiro atoms. The zero-order valence-electron chi connectivity index (χ0n) is 7.25. The maximum absolute atomic E-state index is 10.5. The molecular formula is C8H5NO6. The van der Waals surface area contributed by atoms with E-state index in [0.29, 0.717) is 0 Å². The third-order valence-corrected chi connectivity index (χ3v) is 1.53. The first-order chi connectivity index (χ1) is 7.04. The molecule has 7 heteroatoms. The van der Waals surface area contributed by atoms with Crippen LogP contribution in [0.2, 0.25) is 0 Å². The molecule has 0 heterocycles. The largest absolute Gasteiger partial charge is 0.511 e. The summed E-state index contributed by atoms with van der Waals surface area (Å²) in [5.41, 5.74) is -0.638. The van der Waals surface area contributed by atoms with Gasteiger partial charge in [-0.2, -0.15) is 0 Å². The number of nitro benzene ring substituents is 1. The van der Waals surface area contributed by atoms with Gasteiger partial charge in [0, 0.05) is 6.07 Å². The van der Waals surface area contributed by atoms with Gasteiger partial charge in [-0.3, -0.25) is 14.9 Å². The first-order valence-electron chi connectivity index (χ1n) is 3.69. The minimum atomic E-state index is -1.55. The molecule has 0 aliphatic rings. The zero-order valence-corrected chi connectivity index (χ0v) is 7.25. The number of hydrogen-bond acceptors (Lipinski definition) is 5. The van der Waals surface area contributed by atoms with Gasteiger partial charge in [0.25, 0.3) is 5.69 Å². The summed E-state index contributed by atoms with van der Waals surface area (Å²) in [6.45, 7) is 0. The summed E-state index contributed by atoms with van der Waals surface area (Å²) in [5, 5.41) is 18.7. The van der Waals surface area contributed by atoms with Gasteiger partial charge in [-0.25, -0.2) is 4.79 Å². The van der Waals surface area contributed by atoms with Crippen LogP contribution in [0.15, 0.2) is 18.2 Å². The van der Waals surface area contributed by atoms with E-state index in [0.717, 1.165) is 18.2 Å². The van der Waals surface area contributed by atoms with Crippen molar-refractivity contribution in [2.75, 3.05) is 0 Å². The second kappa shape index (κ2) is 4.18. The van der Waals surface area contributed by atoms with Crippen LogP contribution in [0.1, 0.15) is 10.4 Å². The molecule has 0 atom stereocenters. The summed E-state index contributed by atoms with van der Waals surface area (Å²) in [4.78, 5) is 30.3. The molecule has 0 aromatic heterocycles. The first kappa shape index (κ1) is 10.6. The number of carboxylic acid groups (broad SMARTS) is 1. The summed E-state index contributed by atoms with van der Waals surface area (Å²) in [7, 11) is 0. The molecule has 1 aromatic rings. The number of nitrogens with zero attached hydrogens (tertiary/aromatic N) is 1. The number of hydrogen-bond donors (Lipinski definition) is 1. The van der Waals surface area contributed by atoms with Gasteiger partial charge < -0.3 is 9.84 Å². The lowest BCUT2D eigenvalue weighted by molar-refractivity contribution is -0.385.